The number of benzene rings is 1. The van der Waals surface area contributed by atoms with Crippen molar-refractivity contribution in [2.45, 2.75) is 19.8 Å². The first-order valence-corrected chi connectivity index (χ1v) is 7.27. The van der Waals surface area contributed by atoms with Crippen LogP contribution in [-0.2, 0) is 0 Å². The molecular formula is C13H15BrClF2NO. The number of hydrogen-bond donors (Lipinski definition) is 1. The smallest absolute Gasteiger partial charge is 0.257 e. The molecule has 1 aromatic carbocycles. The highest BCUT2D eigenvalue weighted by Crippen LogP contribution is 2.19. The minimum absolute atomic E-state index is 0.259. The summed E-state index contributed by atoms with van der Waals surface area (Å²) in [5.41, 5.74) is -0.548. The van der Waals surface area contributed by atoms with Gasteiger partial charge in [0.25, 0.3) is 5.91 Å². The van der Waals surface area contributed by atoms with E-state index in [2.05, 4.69) is 21.2 Å². The van der Waals surface area contributed by atoms with Crippen LogP contribution in [-0.4, -0.2) is 18.3 Å². The van der Waals surface area contributed by atoms with Crippen LogP contribution in [0.2, 0.25) is 0 Å². The third-order valence-electron chi connectivity index (χ3n) is 2.66. The molecule has 0 aliphatic rings. The van der Waals surface area contributed by atoms with Crippen LogP contribution in [0.15, 0.2) is 16.6 Å². The van der Waals surface area contributed by atoms with Crippen LogP contribution in [0.25, 0.3) is 0 Å². The second-order valence-corrected chi connectivity index (χ2v) is 5.63. The van der Waals surface area contributed by atoms with Gasteiger partial charge >= 0.3 is 0 Å². The molecule has 6 heteroatoms. The molecule has 1 aromatic rings. The SMILES string of the molecule is CC(CCl)CCCNC(=O)c1c(F)cc(Br)cc1F. The van der Waals surface area contributed by atoms with E-state index < -0.39 is 23.1 Å². The lowest BCUT2D eigenvalue weighted by atomic mass is 10.1. The first-order valence-electron chi connectivity index (χ1n) is 5.94. The molecule has 1 N–H and O–H groups in total. The van der Waals surface area contributed by atoms with E-state index in [1.54, 1.807) is 0 Å². The minimum atomic E-state index is -0.876. The van der Waals surface area contributed by atoms with Crippen LogP contribution >= 0.6 is 27.5 Å². The van der Waals surface area contributed by atoms with E-state index in [0.717, 1.165) is 25.0 Å². The summed E-state index contributed by atoms with van der Waals surface area (Å²) in [5, 5.41) is 2.50. The van der Waals surface area contributed by atoms with Gasteiger partial charge in [-0.15, -0.1) is 11.6 Å². The maximum absolute atomic E-state index is 13.5. The van der Waals surface area contributed by atoms with Gasteiger partial charge in [-0.2, -0.15) is 0 Å². The monoisotopic (exact) mass is 353 g/mol. The zero-order chi connectivity index (χ0) is 14.4. The van der Waals surface area contributed by atoms with Crippen molar-refractivity contribution in [1.29, 1.82) is 0 Å². The summed E-state index contributed by atoms with van der Waals surface area (Å²) in [4.78, 5) is 11.7. The second-order valence-electron chi connectivity index (χ2n) is 4.40. The number of rotatable bonds is 6. The van der Waals surface area contributed by atoms with E-state index in [1.807, 2.05) is 6.92 Å². The van der Waals surface area contributed by atoms with E-state index in [1.165, 1.54) is 0 Å². The highest BCUT2D eigenvalue weighted by Gasteiger charge is 2.17. The quantitative estimate of drug-likeness (QED) is 0.604. The Morgan fingerprint density at radius 2 is 2.00 bits per heavy atom. The van der Waals surface area contributed by atoms with Crippen LogP contribution in [0.5, 0.6) is 0 Å². The van der Waals surface area contributed by atoms with E-state index in [4.69, 9.17) is 11.6 Å². The van der Waals surface area contributed by atoms with E-state index >= 15 is 0 Å². The van der Waals surface area contributed by atoms with Gasteiger partial charge in [0, 0.05) is 16.9 Å². The first kappa shape index (κ1) is 16.4. The molecule has 1 rings (SSSR count). The van der Waals surface area contributed by atoms with Crippen LogP contribution in [0, 0.1) is 17.6 Å². The van der Waals surface area contributed by atoms with E-state index in [9.17, 15) is 13.6 Å². The van der Waals surface area contributed by atoms with Gasteiger partial charge in [0.15, 0.2) is 0 Å². The Hall–Kier alpha value is -0.680. The van der Waals surface area contributed by atoms with Crippen molar-refractivity contribution >= 4 is 33.4 Å². The van der Waals surface area contributed by atoms with Crippen molar-refractivity contribution < 1.29 is 13.6 Å². The van der Waals surface area contributed by atoms with Gasteiger partial charge in [-0.05, 0) is 30.9 Å². The fourth-order valence-corrected chi connectivity index (χ4v) is 2.13. The zero-order valence-electron chi connectivity index (χ0n) is 10.5. The van der Waals surface area contributed by atoms with Crippen molar-refractivity contribution in [2.24, 2.45) is 5.92 Å². The van der Waals surface area contributed by atoms with Crippen molar-refractivity contribution in [3.8, 4) is 0 Å². The van der Waals surface area contributed by atoms with E-state index in [0.29, 0.717) is 18.3 Å². The molecule has 1 atom stereocenters. The lowest BCUT2D eigenvalue weighted by Gasteiger charge is -2.09. The molecule has 0 saturated carbocycles. The Morgan fingerprint density at radius 1 is 1.42 bits per heavy atom. The number of alkyl halides is 1. The molecule has 0 radical (unpaired) electrons. The Kier molecular flexibility index (Phi) is 6.72. The van der Waals surface area contributed by atoms with E-state index in [-0.39, 0.29) is 4.47 Å². The van der Waals surface area contributed by atoms with Gasteiger partial charge in [0.2, 0.25) is 0 Å². The molecule has 0 aromatic heterocycles. The lowest BCUT2D eigenvalue weighted by molar-refractivity contribution is 0.0944. The summed E-state index contributed by atoms with van der Waals surface area (Å²) in [7, 11) is 0. The average molecular weight is 355 g/mol. The van der Waals surface area contributed by atoms with Crippen molar-refractivity contribution in [2.75, 3.05) is 12.4 Å². The first-order chi connectivity index (χ1) is 8.95. The normalized spacial score (nSPS) is 12.3. The van der Waals surface area contributed by atoms with Gasteiger partial charge in [0.05, 0.1) is 0 Å². The Bertz CT molecular complexity index is 433. The number of nitrogens with one attached hydrogen (secondary N) is 1. The van der Waals surface area contributed by atoms with Crippen molar-refractivity contribution in [3.05, 3.63) is 33.8 Å². The average Bonchev–Trinajstić information content (AvgIpc) is 2.33. The largest absolute Gasteiger partial charge is 0.352 e. The third-order valence-corrected chi connectivity index (χ3v) is 3.64. The molecule has 0 fully saturated rings. The molecule has 1 amide bonds. The summed E-state index contributed by atoms with van der Waals surface area (Å²) in [6, 6.07) is 2.13. The molecule has 1 unspecified atom stereocenters. The second kappa shape index (κ2) is 7.80. The summed E-state index contributed by atoms with van der Waals surface area (Å²) in [6.45, 7) is 2.37. The number of amides is 1. The fraction of sp³-hybridized carbons (Fsp3) is 0.462. The predicted octanol–water partition coefficient (Wildman–Crippen LogP) is 4.11. The van der Waals surface area contributed by atoms with Gasteiger partial charge < -0.3 is 5.32 Å². The maximum atomic E-state index is 13.5. The van der Waals surface area contributed by atoms with Crippen molar-refractivity contribution in [1.82, 2.24) is 5.32 Å². The molecule has 19 heavy (non-hydrogen) atoms. The van der Waals surface area contributed by atoms with Crippen LogP contribution in [0.4, 0.5) is 8.78 Å². The fourth-order valence-electron chi connectivity index (χ4n) is 1.58. The standard InChI is InChI=1S/C13H15BrClF2NO/c1-8(7-15)3-2-4-18-13(19)12-10(16)5-9(14)6-11(12)17/h5-6,8H,2-4,7H2,1H3,(H,18,19). The number of halogens is 4. The maximum Gasteiger partial charge on any atom is 0.257 e. The number of hydrogen-bond acceptors (Lipinski definition) is 1. The van der Waals surface area contributed by atoms with Gasteiger partial charge in [-0.3, -0.25) is 4.79 Å². The molecule has 0 bridgehead atoms. The Morgan fingerprint density at radius 3 is 2.53 bits per heavy atom. The molecule has 0 heterocycles. The summed E-state index contributed by atoms with van der Waals surface area (Å²) in [5.74, 6) is -1.57. The number of carbonyl (C=O) groups is 1. The molecule has 0 aliphatic carbocycles. The zero-order valence-corrected chi connectivity index (χ0v) is 12.8. The van der Waals surface area contributed by atoms with Crippen LogP contribution < -0.4 is 5.32 Å². The minimum Gasteiger partial charge on any atom is -0.352 e. The molecular weight excluding hydrogens is 340 g/mol. The summed E-state index contributed by atoms with van der Waals surface area (Å²) in [6.07, 6.45) is 1.58. The lowest BCUT2D eigenvalue weighted by Crippen LogP contribution is -2.26. The van der Waals surface area contributed by atoms with Gasteiger partial charge in [-0.1, -0.05) is 22.9 Å². The molecule has 106 valence electrons. The molecule has 0 spiro atoms. The Balaban J connectivity index is 2.55. The molecule has 0 saturated heterocycles. The van der Waals surface area contributed by atoms with Crippen LogP contribution in [0.3, 0.4) is 0 Å². The summed E-state index contributed by atoms with van der Waals surface area (Å²) < 4.78 is 27.3. The van der Waals surface area contributed by atoms with Gasteiger partial charge in [0.1, 0.15) is 17.2 Å². The highest BCUT2D eigenvalue weighted by molar-refractivity contribution is 9.10. The topological polar surface area (TPSA) is 29.1 Å². The molecule has 0 aliphatic heterocycles. The number of carbonyl (C=O) groups excluding carboxylic acids is 1. The summed E-state index contributed by atoms with van der Waals surface area (Å²) >= 11 is 8.61. The highest BCUT2D eigenvalue weighted by atomic mass is 79.9. The predicted molar refractivity (Wildman–Crippen MR) is 75.5 cm³/mol. The Labute approximate surface area is 124 Å². The molecule has 2 nitrogen and oxygen atoms in total. The third kappa shape index (κ3) is 5.07. The van der Waals surface area contributed by atoms with Gasteiger partial charge in [-0.25, -0.2) is 8.78 Å². The van der Waals surface area contributed by atoms with Crippen LogP contribution in [0.1, 0.15) is 30.1 Å². The van der Waals surface area contributed by atoms with Crippen molar-refractivity contribution in [3.63, 3.8) is 0 Å².